The number of hydrogen-bond donors (Lipinski definition) is 2. The predicted molar refractivity (Wildman–Crippen MR) is 170 cm³/mol. The number of unbranched alkanes of at least 4 members (excludes halogenated alkanes) is 3. The number of pyridine rings is 3. The van der Waals surface area contributed by atoms with Crippen LogP contribution in [0, 0.1) is 0 Å². The van der Waals surface area contributed by atoms with Gasteiger partial charge in [-0.15, -0.1) is 22.7 Å². The number of aryl methyl sites for hydroxylation is 1. The topological polar surface area (TPSA) is 132 Å². The molecule has 6 heterocycles. The van der Waals surface area contributed by atoms with Gasteiger partial charge in [0.2, 0.25) is 0 Å². The molecular weight excluding hydrogens is 599 g/mol. The Kier molecular flexibility index (Phi) is 8.67. The number of carbonyl (C=O) groups is 2. The lowest BCUT2D eigenvalue weighted by Crippen LogP contribution is -2.15. The van der Waals surface area contributed by atoms with Gasteiger partial charge in [-0.25, -0.2) is 14.6 Å². The van der Waals surface area contributed by atoms with Crippen LogP contribution in [0.4, 0.5) is 0 Å². The van der Waals surface area contributed by atoms with Gasteiger partial charge in [-0.1, -0.05) is 26.2 Å². The van der Waals surface area contributed by atoms with E-state index in [1.54, 1.807) is 28.9 Å². The third-order valence-corrected chi connectivity index (χ3v) is 9.73. The predicted octanol–water partition coefficient (Wildman–Crippen LogP) is 7.95. The molecule has 0 fully saturated rings. The number of carboxylic acids is 2. The number of rotatable bonds is 11. The fourth-order valence-corrected chi connectivity index (χ4v) is 7.35. The summed E-state index contributed by atoms with van der Waals surface area (Å²) in [6, 6.07) is 13.5. The molecule has 5 aromatic heterocycles. The van der Waals surface area contributed by atoms with Gasteiger partial charge in [0.15, 0.2) is 11.5 Å². The minimum atomic E-state index is -1.14. The third-order valence-electron chi connectivity index (χ3n) is 7.20. The third kappa shape index (κ3) is 6.20. The Morgan fingerprint density at radius 1 is 0.750 bits per heavy atom. The lowest BCUT2D eigenvalue weighted by Gasteiger charge is -2.17. The number of ether oxygens (including phenoxy) is 2. The molecule has 224 valence electrons. The fourth-order valence-electron chi connectivity index (χ4n) is 5.01. The number of fused-ring (bicyclic) bond motifs is 1. The smallest absolute Gasteiger partial charge is 0.335 e. The van der Waals surface area contributed by atoms with E-state index in [1.165, 1.54) is 54.6 Å². The molecule has 0 aromatic carbocycles. The second-order valence-electron chi connectivity index (χ2n) is 10.3. The molecule has 0 bridgehead atoms. The summed E-state index contributed by atoms with van der Waals surface area (Å²) in [5, 5.41) is 19.2. The molecule has 2 N–H and O–H groups in total. The molecule has 1 aliphatic heterocycles. The highest BCUT2D eigenvalue weighted by molar-refractivity contribution is 7.24. The number of carboxylic acid groups (broad SMARTS) is 2. The van der Waals surface area contributed by atoms with E-state index in [4.69, 9.17) is 9.47 Å². The second kappa shape index (κ2) is 12.9. The Balaban J connectivity index is 1.33. The Morgan fingerprint density at radius 3 is 2.14 bits per heavy atom. The summed E-state index contributed by atoms with van der Waals surface area (Å²) in [6.45, 7) is 3.29. The van der Waals surface area contributed by atoms with E-state index in [0.29, 0.717) is 24.6 Å². The quantitative estimate of drug-likeness (QED) is 0.140. The number of thiophene rings is 2. The van der Waals surface area contributed by atoms with Crippen molar-refractivity contribution < 1.29 is 29.3 Å². The van der Waals surface area contributed by atoms with Gasteiger partial charge in [-0.05, 0) is 66.9 Å². The molecule has 1 aliphatic rings. The minimum Gasteiger partial charge on any atom is -0.485 e. The van der Waals surface area contributed by atoms with E-state index >= 15 is 0 Å². The van der Waals surface area contributed by atoms with E-state index < -0.39 is 11.9 Å². The van der Waals surface area contributed by atoms with Crippen molar-refractivity contribution in [3.8, 4) is 54.5 Å². The first-order chi connectivity index (χ1) is 21.4. The van der Waals surface area contributed by atoms with Crippen LogP contribution >= 0.6 is 22.7 Å². The van der Waals surface area contributed by atoms with Crippen molar-refractivity contribution in [1.82, 2.24) is 15.0 Å². The zero-order valence-electron chi connectivity index (χ0n) is 23.9. The first kappa shape index (κ1) is 29.5. The fraction of sp³-hybridized carbons (Fsp3) is 0.242. The molecule has 11 heteroatoms. The van der Waals surface area contributed by atoms with Crippen LogP contribution in [0.5, 0.6) is 11.5 Å². The van der Waals surface area contributed by atoms with Crippen molar-refractivity contribution in [2.24, 2.45) is 0 Å². The van der Waals surface area contributed by atoms with Crippen molar-refractivity contribution in [3.05, 3.63) is 76.9 Å². The van der Waals surface area contributed by atoms with Crippen LogP contribution in [-0.4, -0.2) is 50.3 Å². The number of aromatic nitrogens is 3. The summed E-state index contributed by atoms with van der Waals surface area (Å²) >= 11 is 3.38. The highest BCUT2D eigenvalue weighted by atomic mass is 32.1. The lowest BCUT2D eigenvalue weighted by atomic mass is 10.1. The Labute approximate surface area is 261 Å². The van der Waals surface area contributed by atoms with Crippen LogP contribution in [0.25, 0.3) is 43.0 Å². The first-order valence-electron chi connectivity index (χ1n) is 14.3. The summed E-state index contributed by atoms with van der Waals surface area (Å²) in [7, 11) is 0. The van der Waals surface area contributed by atoms with Gasteiger partial charge in [-0.2, -0.15) is 0 Å². The van der Waals surface area contributed by atoms with Crippen LogP contribution in [0.3, 0.4) is 0 Å². The molecule has 0 aliphatic carbocycles. The zero-order chi connectivity index (χ0) is 30.6. The molecule has 0 saturated heterocycles. The van der Waals surface area contributed by atoms with Crippen molar-refractivity contribution in [1.29, 1.82) is 0 Å². The van der Waals surface area contributed by atoms with E-state index in [-0.39, 0.29) is 22.5 Å². The molecule has 0 saturated carbocycles. The van der Waals surface area contributed by atoms with E-state index in [1.807, 2.05) is 12.1 Å². The van der Waals surface area contributed by atoms with Crippen molar-refractivity contribution in [2.75, 3.05) is 13.2 Å². The number of hydrogen-bond acceptors (Lipinski definition) is 9. The summed E-state index contributed by atoms with van der Waals surface area (Å²) in [4.78, 5) is 41.2. The molecule has 0 amide bonds. The maximum Gasteiger partial charge on any atom is 0.335 e. The number of nitrogens with zero attached hydrogens (tertiary/aromatic N) is 3. The van der Waals surface area contributed by atoms with Gasteiger partial charge in [0.25, 0.3) is 0 Å². The molecule has 9 nitrogen and oxygen atoms in total. The molecule has 44 heavy (non-hydrogen) atoms. The van der Waals surface area contributed by atoms with Crippen LogP contribution < -0.4 is 9.47 Å². The largest absolute Gasteiger partial charge is 0.485 e. The highest BCUT2D eigenvalue weighted by Gasteiger charge is 2.26. The molecule has 0 radical (unpaired) electrons. The summed E-state index contributed by atoms with van der Waals surface area (Å²) in [5.41, 5.74) is 2.24. The lowest BCUT2D eigenvalue weighted by molar-refractivity contribution is 0.0686. The number of aromatic carboxylic acids is 2. The van der Waals surface area contributed by atoms with Gasteiger partial charge < -0.3 is 19.7 Å². The van der Waals surface area contributed by atoms with Crippen LogP contribution in [0.15, 0.2) is 60.9 Å². The average Bonchev–Trinajstić information content (AvgIpc) is 3.68. The maximum atomic E-state index is 12.0. The van der Waals surface area contributed by atoms with Crippen LogP contribution in [-0.2, 0) is 6.42 Å². The standard InChI is InChI=1S/C33H29N3O6S2/c1-2-3-4-5-6-27-29-30(42-14-13-41-29)31(44-27)28-8-7-26(43-28)19-9-11-34-22(15-19)24-17-21(33(39)40)18-25(36-24)23-16-20(32(37)38)10-12-35-23/h7-12,15-18H,2-6,13-14H2,1H3,(H,37,38)(H,39,40). The van der Waals surface area contributed by atoms with Crippen molar-refractivity contribution >= 4 is 34.6 Å². The Bertz CT molecular complexity index is 1850. The summed E-state index contributed by atoms with van der Waals surface area (Å²) < 4.78 is 12.2. The highest BCUT2D eigenvalue weighted by Crippen LogP contribution is 2.52. The Hall–Kier alpha value is -4.61. The molecule has 5 aromatic rings. The van der Waals surface area contributed by atoms with Gasteiger partial charge in [-0.3, -0.25) is 9.97 Å². The molecule has 0 unspecified atom stereocenters. The average molecular weight is 628 g/mol. The van der Waals surface area contributed by atoms with Crippen LogP contribution in [0.2, 0.25) is 0 Å². The van der Waals surface area contributed by atoms with Crippen molar-refractivity contribution in [2.45, 2.75) is 39.0 Å². The minimum absolute atomic E-state index is 0.00618. The first-order valence-corrected chi connectivity index (χ1v) is 16.0. The van der Waals surface area contributed by atoms with Crippen molar-refractivity contribution in [3.63, 3.8) is 0 Å². The second-order valence-corrected chi connectivity index (χ2v) is 12.5. The van der Waals surface area contributed by atoms with Gasteiger partial charge >= 0.3 is 11.9 Å². The Morgan fingerprint density at radius 2 is 1.41 bits per heavy atom. The normalized spacial score (nSPS) is 12.3. The molecule has 6 rings (SSSR count). The summed E-state index contributed by atoms with van der Waals surface area (Å²) in [6.07, 6.45) is 8.75. The molecular formula is C33H29N3O6S2. The monoisotopic (exact) mass is 627 g/mol. The molecule has 0 spiro atoms. The van der Waals surface area contributed by atoms with Gasteiger partial charge in [0.1, 0.15) is 13.2 Å². The van der Waals surface area contributed by atoms with E-state index in [2.05, 4.69) is 34.0 Å². The zero-order valence-corrected chi connectivity index (χ0v) is 25.5. The van der Waals surface area contributed by atoms with E-state index in [9.17, 15) is 19.8 Å². The molecule has 0 atom stereocenters. The van der Waals surface area contributed by atoms with Gasteiger partial charge in [0, 0.05) is 22.1 Å². The van der Waals surface area contributed by atoms with Crippen LogP contribution in [0.1, 0.15) is 58.2 Å². The SMILES string of the molecule is CCCCCCc1sc(-c2ccc(-c3ccnc(-c4cc(C(=O)O)cc(-c5cc(C(=O)O)ccn5)n4)c3)s2)c2c1OCCO2. The van der Waals surface area contributed by atoms with E-state index in [0.717, 1.165) is 44.5 Å². The maximum absolute atomic E-state index is 12.0. The van der Waals surface area contributed by atoms with Gasteiger partial charge in [0.05, 0.1) is 43.7 Å². The summed E-state index contributed by atoms with van der Waals surface area (Å²) in [5.74, 6) is -0.535.